The molecular formula is C33H45N3O2. The zero-order chi connectivity index (χ0) is 27.6. The molecule has 0 aromatic heterocycles. The third kappa shape index (κ3) is 5.88. The molecule has 204 valence electrons. The summed E-state index contributed by atoms with van der Waals surface area (Å²) >= 11 is 0. The van der Waals surface area contributed by atoms with E-state index in [2.05, 4.69) is 89.7 Å². The third-order valence-corrected chi connectivity index (χ3v) is 8.79. The number of rotatable bonds is 9. The van der Waals surface area contributed by atoms with Crippen LogP contribution in [0.4, 0.5) is 0 Å². The first-order valence-electron chi connectivity index (χ1n) is 14.0. The normalized spacial score (nSPS) is 28.6. The predicted molar refractivity (Wildman–Crippen MR) is 154 cm³/mol. The van der Waals surface area contributed by atoms with Crippen LogP contribution in [0.5, 0.6) is 0 Å². The van der Waals surface area contributed by atoms with Crippen LogP contribution in [0.25, 0.3) is 0 Å². The molecule has 3 unspecified atom stereocenters. The van der Waals surface area contributed by atoms with Gasteiger partial charge in [0, 0.05) is 37.5 Å². The van der Waals surface area contributed by atoms with Crippen LogP contribution in [0, 0.1) is 17.3 Å². The Balaban J connectivity index is 1.66. The minimum Gasteiger partial charge on any atom is -0.349 e. The van der Waals surface area contributed by atoms with Crippen molar-refractivity contribution in [1.82, 2.24) is 15.5 Å². The maximum atomic E-state index is 13.9. The van der Waals surface area contributed by atoms with E-state index in [1.165, 1.54) is 18.1 Å². The van der Waals surface area contributed by atoms with Crippen molar-refractivity contribution < 1.29 is 9.59 Å². The van der Waals surface area contributed by atoms with Crippen LogP contribution in [0.2, 0.25) is 0 Å². The van der Waals surface area contributed by atoms with Gasteiger partial charge in [-0.3, -0.25) is 14.5 Å². The van der Waals surface area contributed by atoms with Gasteiger partial charge in [-0.05, 0) is 68.9 Å². The van der Waals surface area contributed by atoms with Gasteiger partial charge >= 0.3 is 0 Å². The minimum atomic E-state index is -0.929. The highest BCUT2D eigenvalue weighted by atomic mass is 16.2. The molecule has 2 N–H and O–H groups in total. The lowest BCUT2D eigenvalue weighted by Crippen LogP contribution is -2.64. The molecule has 2 saturated carbocycles. The summed E-state index contributed by atoms with van der Waals surface area (Å²) in [7, 11) is 0. The van der Waals surface area contributed by atoms with Gasteiger partial charge in [-0.25, -0.2) is 0 Å². The van der Waals surface area contributed by atoms with Gasteiger partial charge in [-0.1, -0.05) is 73.7 Å². The second-order valence-corrected chi connectivity index (χ2v) is 12.8. The van der Waals surface area contributed by atoms with E-state index in [1.54, 1.807) is 0 Å². The number of carbonyl (C=O) groups excluding carboxylic acids is 2. The number of nitrogens with one attached hydrogen (secondary N) is 2. The monoisotopic (exact) mass is 515 g/mol. The van der Waals surface area contributed by atoms with E-state index in [4.69, 9.17) is 0 Å². The Morgan fingerprint density at radius 3 is 2.03 bits per heavy atom. The smallest absolute Gasteiger partial charge is 0.246 e. The molecule has 5 heteroatoms. The van der Waals surface area contributed by atoms with Crippen molar-refractivity contribution in [3.63, 3.8) is 0 Å². The number of carbonyl (C=O) groups is 2. The number of allylic oxidation sites excluding steroid dienone is 1. The molecule has 5 nitrogen and oxygen atoms in total. The summed E-state index contributed by atoms with van der Waals surface area (Å²) in [6.07, 6.45) is 5.27. The summed E-state index contributed by atoms with van der Waals surface area (Å²) in [6, 6.07) is 21.8. The zero-order valence-corrected chi connectivity index (χ0v) is 23.8. The fraction of sp³-hybridized carbons (Fsp3) is 0.515. The van der Waals surface area contributed by atoms with Gasteiger partial charge in [0.1, 0.15) is 5.54 Å². The zero-order valence-electron chi connectivity index (χ0n) is 23.8. The molecule has 5 atom stereocenters. The summed E-state index contributed by atoms with van der Waals surface area (Å²) in [5, 5.41) is 6.38. The molecule has 2 amide bonds. The lowest BCUT2D eigenvalue weighted by Gasteiger charge is -2.42. The molecule has 2 aromatic rings. The van der Waals surface area contributed by atoms with Crippen LogP contribution in [0.15, 0.2) is 73.3 Å². The molecular weight excluding hydrogens is 470 g/mol. The van der Waals surface area contributed by atoms with E-state index in [-0.39, 0.29) is 28.7 Å². The number of fused-ring (bicyclic) bond motifs is 1. The minimum absolute atomic E-state index is 0.0240. The van der Waals surface area contributed by atoms with Gasteiger partial charge in [-0.15, -0.1) is 6.58 Å². The van der Waals surface area contributed by atoms with Crippen molar-refractivity contribution in [2.45, 2.75) is 90.5 Å². The van der Waals surface area contributed by atoms with Gasteiger partial charge in [0.2, 0.25) is 11.8 Å². The first kappa shape index (κ1) is 28.1. The Labute approximate surface area is 229 Å². The molecule has 38 heavy (non-hydrogen) atoms. The summed E-state index contributed by atoms with van der Waals surface area (Å²) in [6.45, 7) is 15.7. The standard InChI is InChI=1S/C33H45N3O2/c1-7-14-29-32(6)21-28(19-27(32)20-33(29,34-24(2)37)30(38)35-31(3,4)5)36(22-25-15-10-8-11-16-25)23-26-17-12-9-13-18-26/h7-13,15-18,27-29H,1,14,19-23H2,2-6H3,(H,34,37)(H,35,38)/t27-,28?,29?,32-,33?/m1/s1. The lowest BCUT2D eigenvalue weighted by molar-refractivity contribution is -0.136. The Bertz CT molecular complexity index is 1080. The molecule has 2 aliphatic carbocycles. The molecule has 0 bridgehead atoms. The van der Waals surface area contributed by atoms with E-state index in [0.29, 0.717) is 24.8 Å². The van der Waals surface area contributed by atoms with Gasteiger partial charge in [-0.2, -0.15) is 0 Å². The van der Waals surface area contributed by atoms with Crippen LogP contribution in [-0.4, -0.2) is 33.8 Å². The molecule has 2 aromatic carbocycles. The van der Waals surface area contributed by atoms with E-state index in [0.717, 1.165) is 25.9 Å². The Morgan fingerprint density at radius 1 is 1.00 bits per heavy atom. The third-order valence-electron chi connectivity index (χ3n) is 8.79. The van der Waals surface area contributed by atoms with Gasteiger partial charge in [0.05, 0.1) is 0 Å². The number of nitrogens with zero attached hydrogens (tertiary/aromatic N) is 1. The first-order chi connectivity index (χ1) is 18.0. The highest BCUT2D eigenvalue weighted by molar-refractivity contribution is 5.92. The summed E-state index contributed by atoms with van der Waals surface area (Å²) in [5.74, 6) is 0.0794. The fourth-order valence-corrected chi connectivity index (χ4v) is 7.27. The second-order valence-electron chi connectivity index (χ2n) is 12.8. The van der Waals surface area contributed by atoms with Crippen molar-refractivity contribution in [1.29, 1.82) is 0 Å². The summed E-state index contributed by atoms with van der Waals surface area (Å²) in [4.78, 5) is 29.0. The van der Waals surface area contributed by atoms with Crippen molar-refractivity contribution in [2.75, 3.05) is 0 Å². The van der Waals surface area contributed by atoms with Crippen LogP contribution in [0.1, 0.15) is 71.4 Å². The Morgan fingerprint density at radius 2 is 1.55 bits per heavy atom. The molecule has 0 heterocycles. The molecule has 2 aliphatic rings. The largest absolute Gasteiger partial charge is 0.349 e. The second kappa shape index (κ2) is 11.1. The van der Waals surface area contributed by atoms with Crippen LogP contribution in [-0.2, 0) is 22.7 Å². The quantitative estimate of drug-likeness (QED) is 0.411. The average Bonchev–Trinajstić information content (AvgIpc) is 3.28. The Kier molecular flexibility index (Phi) is 8.17. The fourth-order valence-electron chi connectivity index (χ4n) is 7.27. The predicted octanol–water partition coefficient (Wildman–Crippen LogP) is 5.86. The van der Waals surface area contributed by atoms with E-state index in [1.807, 2.05) is 26.8 Å². The SMILES string of the molecule is C=CCC1C(NC(C)=O)(C(=O)NC(C)(C)C)C[C@H]2CC(N(Cc3ccccc3)Cc3ccccc3)C[C@@]12C. The number of amides is 2. The highest BCUT2D eigenvalue weighted by Gasteiger charge is 2.66. The molecule has 0 radical (unpaired) electrons. The van der Waals surface area contributed by atoms with Gasteiger partial charge in [0.25, 0.3) is 0 Å². The molecule has 4 rings (SSSR count). The van der Waals surface area contributed by atoms with E-state index in [9.17, 15) is 9.59 Å². The van der Waals surface area contributed by atoms with Crippen molar-refractivity contribution in [3.05, 3.63) is 84.4 Å². The first-order valence-corrected chi connectivity index (χ1v) is 14.0. The number of hydrogen-bond donors (Lipinski definition) is 2. The van der Waals surface area contributed by atoms with Crippen molar-refractivity contribution in [3.8, 4) is 0 Å². The number of benzene rings is 2. The van der Waals surface area contributed by atoms with Crippen LogP contribution in [0.3, 0.4) is 0 Å². The van der Waals surface area contributed by atoms with Gasteiger partial charge < -0.3 is 10.6 Å². The Hall–Kier alpha value is -2.92. The average molecular weight is 516 g/mol. The van der Waals surface area contributed by atoms with Crippen molar-refractivity contribution in [2.24, 2.45) is 17.3 Å². The van der Waals surface area contributed by atoms with Crippen molar-refractivity contribution >= 4 is 11.8 Å². The molecule has 0 saturated heterocycles. The lowest BCUT2D eigenvalue weighted by atomic mass is 9.69. The summed E-state index contributed by atoms with van der Waals surface area (Å²) < 4.78 is 0. The molecule has 2 fully saturated rings. The maximum absolute atomic E-state index is 13.9. The number of hydrogen-bond acceptors (Lipinski definition) is 3. The van der Waals surface area contributed by atoms with E-state index >= 15 is 0 Å². The molecule has 0 spiro atoms. The summed E-state index contributed by atoms with van der Waals surface area (Å²) in [5.41, 5.74) is 1.21. The maximum Gasteiger partial charge on any atom is 0.246 e. The van der Waals surface area contributed by atoms with E-state index < -0.39 is 5.54 Å². The topological polar surface area (TPSA) is 61.4 Å². The van der Waals surface area contributed by atoms with Crippen LogP contribution < -0.4 is 10.6 Å². The van der Waals surface area contributed by atoms with Gasteiger partial charge in [0.15, 0.2) is 0 Å². The van der Waals surface area contributed by atoms with Crippen LogP contribution >= 0.6 is 0 Å². The molecule has 0 aliphatic heterocycles. The highest BCUT2D eigenvalue weighted by Crippen LogP contribution is 2.63.